The van der Waals surface area contributed by atoms with Gasteiger partial charge in [0.15, 0.2) is 0 Å². The van der Waals surface area contributed by atoms with Crippen LogP contribution in [0.1, 0.15) is 53.6 Å². The van der Waals surface area contributed by atoms with Crippen molar-refractivity contribution in [3.05, 3.63) is 29.6 Å². The standard InChI is InChI=1S/C18H26N4O2/c1-2-21-10-12-22(13-11-21)18(24)16-9-5-8-15(20-16)17(23)19-14-6-3-4-7-14/h5,8-9,14H,2-4,6-7,10-13H2,1H3,(H,19,23). The molecule has 3 rings (SSSR count). The summed E-state index contributed by atoms with van der Waals surface area (Å²) < 4.78 is 0. The summed E-state index contributed by atoms with van der Waals surface area (Å²) in [6.45, 7) is 6.36. The molecule has 2 fully saturated rings. The van der Waals surface area contributed by atoms with Crippen LogP contribution in [0, 0.1) is 0 Å². The van der Waals surface area contributed by atoms with E-state index < -0.39 is 0 Å². The second kappa shape index (κ2) is 7.75. The van der Waals surface area contributed by atoms with Gasteiger partial charge < -0.3 is 15.1 Å². The van der Waals surface area contributed by atoms with Crippen molar-refractivity contribution >= 4 is 11.8 Å². The van der Waals surface area contributed by atoms with E-state index in [-0.39, 0.29) is 17.9 Å². The lowest BCUT2D eigenvalue weighted by Crippen LogP contribution is -2.48. The summed E-state index contributed by atoms with van der Waals surface area (Å²) in [6, 6.07) is 5.36. The lowest BCUT2D eigenvalue weighted by molar-refractivity contribution is 0.0637. The molecule has 1 N–H and O–H groups in total. The molecule has 0 atom stereocenters. The van der Waals surface area contributed by atoms with Crippen molar-refractivity contribution in [2.75, 3.05) is 32.7 Å². The summed E-state index contributed by atoms with van der Waals surface area (Å²) >= 11 is 0. The number of carbonyl (C=O) groups excluding carboxylic acids is 2. The van der Waals surface area contributed by atoms with Crippen LogP contribution >= 0.6 is 0 Å². The van der Waals surface area contributed by atoms with E-state index in [1.165, 1.54) is 12.8 Å². The van der Waals surface area contributed by atoms with Crippen molar-refractivity contribution in [1.82, 2.24) is 20.1 Å². The molecule has 0 unspecified atom stereocenters. The largest absolute Gasteiger partial charge is 0.348 e. The molecule has 1 aliphatic carbocycles. The van der Waals surface area contributed by atoms with Crippen LogP contribution in [0.3, 0.4) is 0 Å². The Morgan fingerprint density at radius 2 is 1.79 bits per heavy atom. The Bertz CT molecular complexity index is 590. The molecule has 2 heterocycles. The van der Waals surface area contributed by atoms with Crippen molar-refractivity contribution in [2.24, 2.45) is 0 Å². The lowest BCUT2D eigenvalue weighted by Gasteiger charge is -2.33. The summed E-state index contributed by atoms with van der Waals surface area (Å²) in [7, 11) is 0. The zero-order valence-electron chi connectivity index (χ0n) is 14.3. The maximum atomic E-state index is 12.6. The molecule has 1 aromatic rings. The van der Waals surface area contributed by atoms with Crippen LogP contribution in [0.4, 0.5) is 0 Å². The van der Waals surface area contributed by atoms with E-state index in [2.05, 4.69) is 22.1 Å². The Morgan fingerprint density at radius 1 is 1.12 bits per heavy atom. The fourth-order valence-corrected chi connectivity index (χ4v) is 3.44. The van der Waals surface area contributed by atoms with E-state index in [0.29, 0.717) is 24.5 Å². The van der Waals surface area contributed by atoms with Gasteiger partial charge in [-0.3, -0.25) is 9.59 Å². The van der Waals surface area contributed by atoms with Crippen LogP contribution in [0.15, 0.2) is 18.2 Å². The van der Waals surface area contributed by atoms with Crippen LogP contribution in [-0.2, 0) is 0 Å². The van der Waals surface area contributed by atoms with E-state index in [9.17, 15) is 9.59 Å². The zero-order chi connectivity index (χ0) is 16.9. The van der Waals surface area contributed by atoms with Gasteiger partial charge >= 0.3 is 0 Å². The molecular weight excluding hydrogens is 304 g/mol. The average Bonchev–Trinajstić information content (AvgIpc) is 3.14. The molecule has 1 saturated heterocycles. The van der Waals surface area contributed by atoms with Crippen molar-refractivity contribution in [2.45, 2.75) is 38.6 Å². The van der Waals surface area contributed by atoms with Gasteiger partial charge in [0, 0.05) is 32.2 Å². The highest BCUT2D eigenvalue weighted by Gasteiger charge is 2.23. The SMILES string of the molecule is CCN1CCN(C(=O)c2cccc(C(=O)NC3CCCC3)n2)CC1. The van der Waals surface area contributed by atoms with Gasteiger partial charge in [-0.1, -0.05) is 25.8 Å². The summed E-state index contributed by atoms with van der Waals surface area (Å²) in [6.07, 6.45) is 4.40. The smallest absolute Gasteiger partial charge is 0.272 e. The molecule has 0 radical (unpaired) electrons. The van der Waals surface area contributed by atoms with Crippen molar-refractivity contribution < 1.29 is 9.59 Å². The van der Waals surface area contributed by atoms with E-state index in [0.717, 1.165) is 32.5 Å². The maximum absolute atomic E-state index is 12.6. The molecule has 0 spiro atoms. The first-order valence-corrected chi connectivity index (χ1v) is 8.97. The van der Waals surface area contributed by atoms with Gasteiger partial charge in [-0.2, -0.15) is 0 Å². The highest BCUT2D eigenvalue weighted by molar-refractivity contribution is 5.96. The summed E-state index contributed by atoms with van der Waals surface area (Å²) in [5.41, 5.74) is 0.693. The van der Waals surface area contributed by atoms with Gasteiger partial charge in [0.2, 0.25) is 0 Å². The molecular formula is C18H26N4O2. The fourth-order valence-electron chi connectivity index (χ4n) is 3.44. The summed E-state index contributed by atoms with van der Waals surface area (Å²) in [5.74, 6) is -0.256. The molecule has 6 heteroatoms. The molecule has 1 aliphatic heterocycles. The van der Waals surface area contributed by atoms with Crippen molar-refractivity contribution in [1.29, 1.82) is 0 Å². The van der Waals surface area contributed by atoms with Gasteiger partial charge in [0.1, 0.15) is 11.4 Å². The monoisotopic (exact) mass is 330 g/mol. The number of piperazine rings is 1. The number of hydrogen-bond acceptors (Lipinski definition) is 4. The predicted octanol–water partition coefficient (Wildman–Crippen LogP) is 1.53. The number of nitrogens with one attached hydrogen (secondary N) is 1. The molecule has 130 valence electrons. The van der Waals surface area contributed by atoms with Crippen LogP contribution in [-0.4, -0.2) is 65.4 Å². The molecule has 2 amide bonds. The van der Waals surface area contributed by atoms with Gasteiger partial charge in [-0.15, -0.1) is 0 Å². The normalized spacial score (nSPS) is 19.5. The predicted molar refractivity (Wildman–Crippen MR) is 92.0 cm³/mol. The van der Waals surface area contributed by atoms with Gasteiger partial charge in [-0.25, -0.2) is 4.98 Å². The fraction of sp³-hybridized carbons (Fsp3) is 0.611. The average molecular weight is 330 g/mol. The second-order valence-corrected chi connectivity index (χ2v) is 6.59. The number of hydrogen-bond donors (Lipinski definition) is 1. The number of pyridine rings is 1. The zero-order valence-corrected chi connectivity index (χ0v) is 14.3. The minimum absolute atomic E-state index is 0.0822. The number of rotatable bonds is 4. The van der Waals surface area contributed by atoms with Gasteiger partial charge in [0.05, 0.1) is 0 Å². The molecule has 1 saturated carbocycles. The van der Waals surface area contributed by atoms with E-state index >= 15 is 0 Å². The quantitative estimate of drug-likeness (QED) is 0.909. The molecule has 2 aliphatic rings. The van der Waals surface area contributed by atoms with E-state index in [1.54, 1.807) is 18.2 Å². The molecule has 0 aromatic carbocycles. The van der Waals surface area contributed by atoms with Crippen molar-refractivity contribution in [3.8, 4) is 0 Å². The minimum atomic E-state index is -0.174. The first-order valence-electron chi connectivity index (χ1n) is 8.97. The Kier molecular flexibility index (Phi) is 5.45. The van der Waals surface area contributed by atoms with Crippen LogP contribution in [0.25, 0.3) is 0 Å². The highest BCUT2D eigenvalue weighted by atomic mass is 16.2. The first-order chi connectivity index (χ1) is 11.7. The topological polar surface area (TPSA) is 65.5 Å². The third-order valence-electron chi connectivity index (χ3n) is 5.00. The Balaban J connectivity index is 1.63. The van der Waals surface area contributed by atoms with Crippen molar-refractivity contribution in [3.63, 3.8) is 0 Å². The Labute approximate surface area is 143 Å². The molecule has 1 aromatic heterocycles. The van der Waals surface area contributed by atoms with Crippen LogP contribution in [0.5, 0.6) is 0 Å². The maximum Gasteiger partial charge on any atom is 0.272 e. The lowest BCUT2D eigenvalue weighted by atomic mass is 10.2. The highest BCUT2D eigenvalue weighted by Crippen LogP contribution is 2.18. The summed E-state index contributed by atoms with van der Waals surface area (Å²) in [5, 5.41) is 3.02. The number of carbonyl (C=O) groups is 2. The van der Waals surface area contributed by atoms with Gasteiger partial charge in [-0.05, 0) is 31.5 Å². The number of amides is 2. The minimum Gasteiger partial charge on any atom is -0.348 e. The second-order valence-electron chi connectivity index (χ2n) is 6.59. The number of aromatic nitrogens is 1. The van der Waals surface area contributed by atoms with Crippen LogP contribution in [0.2, 0.25) is 0 Å². The molecule has 24 heavy (non-hydrogen) atoms. The van der Waals surface area contributed by atoms with E-state index in [4.69, 9.17) is 0 Å². The van der Waals surface area contributed by atoms with E-state index in [1.807, 2.05) is 4.90 Å². The summed E-state index contributed by atoms with van der Waals surface area (Å²) in [4.78, 5) is 33.4. The molecule has 6 nitrogen and oxygen atoms in total. The number of likely N-dealkylation sites (N-methyl/N-ethyl adjacent to an activating group) is 1. The van der Waals surface area contributed by atoms with Gasteiger partial charge in [0.25, 0.3) is 11.8 Å². The Hall–Kier alpha value is -1.95. The first kappa shape index (κ1) is 16.9. The van der Waals surface area contributed by atoms with Crippen LogP contribution < -0.4 is 5.32 Å². The molecule has 0 bridgehead atoms. The number of nitrogens with zero attached hydrogens (tertiary/aromatic N) is 3. The Morgan fingerprint density at radius 3 is 2.46 bits per heavy atom. The third-order valence-corrected chi connectivity index (χ3v) is 5.00. The third kappa shape index (κ3) is 3.93.